The molecule has 0 aliphatic carbocycles. The highest BCUT2D eigenvalue weighted by atomic mass is 35.5. The molecule has 1 fully saturated rings. The number of nitrogens with zero attached hydrogens (tertiary/aromatic N) is 5. The van der Waals surface area contributed by atoms with E-state index in [2.05, 4.69) is 9.97 Å². The van der Waals surface area contributed by atoms with Crippen LogP contribution in [-0.2, 0) is 10.0 Å². The molecular formula is C14H14ClN5O4S. The maximum absolute atomic E-state index is 12.7. The minimum absolute atomic E-state index is 0.102. The van der Waals surface area contributed by atoms with E-state index >= 15 is 0 Å². The Hall–Kier alpha value is -2.30. The molecule has 3 rings (SSSR count). The van der Waals surface area contributed by atoms with Gasteiger partial charge in [-0.3, -0.25) is 10.1 Å². The van der Waals surface area contributed by atoms with Crippen LogP contribution in [0.25, 0.3) is 0 Å². The Morgan fingerprint density at radius 3 is 2.36 bits per heavy atom. The lowest BCUT2D eigenvalue weighted by molar-refractivity contribution is -0.384. The van der Waals surface area contributed by atoms with Crippen molar-refractivity contribution in [2.45, 2.75) is 4.90 Å². The van der Waals surface area contributed by atoms with Crippen LogP contribution in [0.3, 0.4) is 0 Å². The third-order valence-electron chi connectivity index (χ3n) is 3.83. The molecule has 11 heteroatoms. The maximum Gasteiger partial charge on any atom is 0.289 e. The molecule has 1 aromatic carbocycles. The number of hydrogen-bond donors (Lipinski definition) is 0. The Bertz CT molecular complexity index is 885. The van der Waals surface area contributed by atoms with Crippen LogP contribution in [0.15, 0.2) is 41.6 Å². The number of benzene rings is 1. The van der Waals surface area contributed by atoms with E-state index < -0.39 is 20.6 Å². The number of nitro groups is 1. The summed E-state index contributed by atoms with van der Waals surface area (Å²) in [5.41, 5.74) is -0.431. The van der Waals surface area contributed by atoms with Crippen LogP contribution in [0.2, 0.25) is 5.02 Å². The molecule has 1 aliphatic heterocycles. The molecular weight excluding hydrogens is 370 g/mol. The SMILES string of the molecule is O=[N+]([O-])c1cc(S(=O)(=O)N2CCN(c3ncccn3)CC2)ccc1Cl. The Kier molecular flexibility index (Phi) is 4.84. The van der Waals surface area contributed by atoms with Gasteiger partial charge in [0.05, 0.1) is 9.82 Å². The standard InChI is InChI=1S/C14H14ClN5O4S/c15-12-3-2-11(10-13(12)20(21)22)25(23,24)19-8-6-18(7-9-19)14-16-4-1-5-17-14/h1-5,10H,6-9H2. The van der Waals surface area contributed by atoms with Gasteiger partial charge in [0, 0.05) is 44.6 Å². The van der Waals surface area contributed by atoms with Crippen molar-refractivity contribution < 1.29 is 13.3 Å². The fourth-order valence-electron chi connectivity index (χ4n) is 2.52. The van der Waals surface area contributed by atoms with Crippen molar-refractivity contribution in [3.05, 3.63) is 51.8 Å². The average Bonchev–Trinajstić information content (AvgIpc) is 2.62. The van der Waals surface area contributed by atoms with Gasteiger partial charge in [0.1, 0.15) is 5.02 Å². The number of nitro benzene ring substituents is 1. The Labute approximate surface area is 149 Å². The van der Waals surface area contributed by atoms with Crippen LogP contribution in [0.5, 0.6) is 0 Å². The number of anilines is 1. The first-order valence-corrected chi connectivity index (χ1v) is 9.17. The zero-order valence-electron chi connectivity index (χ0n) is 12.9. The maximum atomic E-state index is 12.7. The van der Waals surface area contributed by atoms with Crippen LogP contribution in [0, 0.1) is 10.1 Å². The average molecular weight is 384 g/mol. The molecule has 1 saturated heterocycles. The Balaban J connectivity index is 1.78. The predicted octanol–water partition coefficient (Wildman–Crippen LogP) is 1.55. The van der Waals surface area contributed by atoms with Gasteiger partial charge in [0.15, 0.2) is 0 Å². The van der Waals surface area contributed by atoms with E-state index in [0.29, 0.717) is 19.0 Å². The van der Waals surface area contributed by atoms with Crippen LogP contribution in [0.1, 0.15) is 0 Å². The summed E-state index contributed by atoms with van der Waals surface area (Å²) in [5, 5.41) is 10.9. The molecule has 2 aromatic rings. The van der Waals surface area contributed by atoms with Crippen molar-refractivity contribution >= 4 is 33.3 Å². The highest BCUT2D eigenvalue weighted by molar-refractivity contribution is 7.89. The number of aromatic nitrogens is 2. The molecule has 25 heavy (non-hydrogen) atoms. The van der Waals surface area contributed by atoms with Crippen LogP contribution >= 0.6 is 11.6 Å². The quantitative estimate of drug-likeness (QED) is 0.581. The normalized spacial score (nSPS) is 16.0. The van der Waals surface area contributed by atoms with E-state index in [0.717, 1.165) is 6.07 Å². The van der Waals surface area contributed by atoms with E-state index in [1.54, 1.807) is 18.5 Å². The van der Waals surface area contributed by atoms with E-state index in [-0.39, 0.29) is 23.0 Å². The Morgan fingerprint density at radius 1 is 1.12 bits per heavy atom. The van der Waals surface area contributed by atoms with Gasteiger partial charge < -0.3 is 4.90 Å². The molecule has 0 N–H and O–H groups in total. The van der Waals surface area contributed by atoms with Crippen molar-refractivity contribution in [3.8, 4) is 0 Å². The monoisotopic (exact) mass is 383 g/mol. The number of hydrogen-bond acceptors (Lipinski definition) is 7. The summed E-state index contributed by atoms with van der Waals surface area (Å²) in [5.74, 6) is 0.543. The molecule has 0 radical (unpaired) electrons. The molecule has 132 valence electrons. The number of piperazine rings is 1. The van der Waals surface area contributed by atoms with Gasteiger partial charge in [-0.05, 0) is 18.2 Å². The second-order valence-corrected chi connectivity index (χ2v) is 7.66. The lowest BCUT2D eigenvalue weighted by atomic mass is 10.3. The van der Waals surface area contributed by atoms with Crippen molar-refractivity contribution in [2.24, 2.45) is 0 Å². The molecule has 0 amide bonds. The van der Waals surface area contributed by atoms with E-state index in [4.69, 9.17) is 11.6 Å². The van der Waals surface area contributed by atoms with Crippen molar-refractivity contribution in [2.75, 3.05) is 31.1 Å². The summed E-state index contributed by atoms with van der Waals surface area (Å²) in [7, 11) is -3.84. The fourth-order valence-corrected chi connectivity index (χ4v) is 4.15. The van der Waals surface area contributed by atoms with Gasteiger partial charge >= 0.3 is 0 Å². The van der Waals surface area contributed by atoms with E-state index in [1.165, 1.54) is 16.4 Å². The second kappa shape index (κ2) is 6.90. The van der Waals surface area contributed by atoms with Gasteiger partial charge in [-0.15, -0.1) is 0 Å². The number of rotatable bonds is 4. The second-order valence-electron chi connectivity index (χ2n) is 5.31. The smallest absolute Gasteiger partial charge is 0.289 e. The van der Waals surface area contributed by atoms with Crippen molar-refractivity contribution in [3.63, 3.8) is 0 Å². The van der Waals surface area contributed by atoms with Gasteiger partial charge in [0.2, 0.25) is 16.0 Å². The van der Waals surface area contributed by atoms with Gasteiger partial charge in [-0.2, -0.15) is 4.31 Å². The third-order valence-corrected chi connectivity index (χ3v) is 6.04. The van der Waals surface area contributed by atoms with E-state index in [1.807, 2.05) is 4.90 Å². The highest BCUT2D eigenvalue weighted by Crippen LogP contribution is 2.29. The van der Waals surface area contributed by atoms with Gasteiger partial charge in [-0.1, -0.05) is 11.6 Å². The summed E-state index contributed by atoms with van der Waals surface area (Å²) in [4.78, 5) is 20.3. The minimum Gasteiger partial charge on any atom is -0.338 e. The lowest BCUT2D eigenvalue weighted by Gasteiger charge is -2.33. The first kappa shape index (κ1) is 17.5. The summed E-state index contributed by atoms with van der Waals surface area (Å²) in [6.45, 7) is 1.33. The van der Waals surface area contributed by atoms with Gasteiger partial charge in [0.25, 0.3) is 5.69 Å². The molecule has 0 unspecified atom stereocenters. The minimum atomic E-state index is -3.84. The number of halogens is 1. The zero-order chi connectivity index (χ0) is 18.0. The summed E-state index contributed by atoms with van der Waals surface area (Å²) < 4.78 is 26.7. The van der Waals surface area contributed by atoms with Crippen LogP contribution in [0.4, 0.5) is 11.6 Å². The van der Waals surface area contributed by atoms with Crippen molar-refractivity contribution in [1.82, 2.24) is 14.3 Å². The molecule has 0 atom stereocenters. The van der Waals surface area contributed by atoms with Crippen LogP contribution in [-0.4, -0.2) is 53.8 Å². The van der Waals surface area contributed by atoms with Crippen LogP contribution < -0.4 is 4.90 Å². The molecule has 1 aliphatic rings. The molecule has 9 nitrogen and oxygen atoms in total. The Morgan fingerprint density at radius 2 is 1.76 bits per heavy atom. The third kappa shape index (κ3) is 3.55. The van der Waals surface area contributed by atoms with Crippen molar-refractivity contribution in [1.29, 1.82) is 0 Å². The number of sulfonamides is 1. The summed E-state index contributed by atoms with van der Waals surface area (Å²) in [6, 6.07) is 5.19. The lowest BCUT2D eigenvalue weighted by Crippen LogP contribution is -2.49. The zero-order valence-corrected chi connectivity index (χ0v) is 14.5. The molecule has 0 spiro atoms. The molecule has 0 saturated carbocycles. The highest BCUT2D eigenvalue weighted by Gasteiger charge is 2.30. The summed E-state index contributed by atoms with van der Waals surface area (Å²) >= 11 is 5.74. The predicted molar refractivity (Wildman–Crippen MR) is 91.1 cm³/mol. The van der Waals surface area contributed by atoms with E-state index in [9.17, 15) is 18.5 Å². The van der Waals surface area contributed by atoms with Gasteiger partial charge in [-0.25, -0.2) is 18.4 Å². The fraction of sp³-hybridized carbons (Fsp3) is 0.286. The largest absolute Gasteiger partial charge is 0.338 e. The molecule has 2 heterocycles. The first-order chi connectivity index (χ1) is 11.9. The summed E-state index contributed by atoms with van der Waals surface area (Å²) in [6.07, 6.45) is 3.25. The topological polar surface area (TPSA) is 110 Å². The molecule has 0 bridgehead atoms. The molecule has 1 aromatic heterocycles. The first-order valence-electron chi connectivity index (χ1n) is 7.35.